The fourth-order valence-corrected chi connectivity index (χ4v) is 5.55. The minimum Gasteiger partial charge on any atom is -0.504 e. The first-order chi connectivity index (χ1) is 16.3. The third-order valence-electron chi connectivity index (χ3n) is 6.99. The quantitative estimate of drug-likeness (QED) is 0.285. The number of carbonyl (C=O) groups is 3. The van der Waals surface area contributed by atoms with E-state index in [1.54, 1.807) is 6.07 Å². The Hall–Kier alpha value is -3.50. The number of amides is 3. The molecule has 1 spiro atoms. The number of halogens is 1. The van der Waals surface area contributed by atoms with E-state index in [4.69, 9.17) is 4.74 Å². The summed E-state index contributed by atoms with van der Waals surface area (Å²) in [6.45, 7) is 0.513. The Morgan fingerprint density at radius 1 is 1.09 bits per heavy atom. The molecular weight excluding hydrogens is 445 g/mol. The average molecular weight is 469 g/mol. The summed E-state index contributed by atoms with van der Waals surface area (Å²) < 4.78 is 19.3. The van der Waals surface area contributed by atoms with Gasteiger partial charge in [0.15, 0.2) is 11.5 Å². The van der Waals surface area contributed by atoms with Crippen molar-refractivity contribution in [3.8, 4) is 11.5 Å². The van der Waals surface area contributed by atoms with Crippen molar-refractivity contribution in [1.82, 2.24) is 10.2 Å². The summed E-state index contributed by atoms with van der Waals surface area (Å²) in [5.74, 6) is -4.49. The number of rotatable bonds is 6. The van der Waals surface area contributed by atoms with Gasteiger partial charge in [-0.2, -0.15) is 0 Å². The van der Waals surface area contributed by atoms with Gasteiger partial charge in [-0.1, -0.05) is 6.07 Å². The number of nitrogens with zero attached hydrogens (tertiary/aromatic N) is 1. The van der Waals surface area contributed by atoms with E-state index < -0.39 is 47.0 Å². The standard InChI is InChI=1S/C24H24FN3O6/c1-34-8-2-7-28-21(31)19-16(9-12-3-6-17(29)18(30)10-12)27-24(20(19)22(28)32)14-11-13(25)4-5-15(14)26-23(24)33/h3-6,10-11,16,19-20,27,29-30H,2,7-9H2,1H3,(H,26,33)/t16-,19+,20-,24-/m0/s1. The van der Waals surface area contributed by atoms with Crippen molar-refractivity contribution in [3.05, 3.63) is 53.3 Å². The van der Waals surface area contributed by atoms with E-state index in [-0.39, 0.29) is 24.5 Å². The molecular formula is C24H24FN3O6. The van der Waals surface area contributed by atoms with E-state index >= 15 is 0 Å². The van der Waals surface area contributed by atoms with E-state index in [9.17, 15) is 29.0 Å². The van der Waals surface area contributed by atoms with Crippen LogP contribution in [0.15, 0.2) is 36.4 Å². The summed E-state index contributed by atoms with van der Waals surface area (Å²) in [6.07, 6.45) is 0.640. The second-order valence-electron chi connectivity index (χ2n) is 8.91. The Morgan fingerprint density at radius 3 is 2.62 bits per heavy atom. The van der Waals surface area contributed by atoms with Crippen LogP contribution in [0, 0.1) is 17.7 Å². The van der Waals surface area contributed by atoms with Crippen LogP contribution in [0.5, 0.6) is 11.5 Å². The first-order valence-electron chi connectivity index (χ1n) is 11.0. The smallest absolute Gasteiger partial charge is 0.250 e. The Kier molecular flexibility index (Phi) is 5.29. The highest BCUT2D eigenvalue weighted by atomic mass is 19.1. The van der Waals surface area contributed by atoms with Crippen LogP contribution in [-0.2, 0) is 31.1 Å². The lowest BCUT2D eigenvalue weighted by molar-refractivity contribution is -0.143. The van der Waals surface area contributed by atoms with E-state index in [2.05, 4.69) is 10.6 Å². The number of aromatic hydroxyl groups is 2. The van der Waals surface area contributed by atoms with Gasteiger partial charge in [-0.25, -0.2) is 4.39 Å². The van der Waals surface area contributed by atoms with Gasteiger partial charge in [-0.05, 0) is 48.7 Å². The fraction of sp³-hybridized carbons (Fsp3) is 0.375. The van der Waals surface area contributed by atoms with Crippen LogP contribution in [0.25, 0.3) is 0 Å². The molecule has 4 N–H and O–H groups in total. The molecule has 2 fully saturated rings. The molecule has 2 saturated heterocycles. The Labute approximate surface area is 194 Å². The molecule has 4 atom stereocenters. The maximum atomic E-state index is 14.3. The molecule has 0 aromatic heterocycles. The minimum atomic E-state index is -1.60. The number of imide groups is 1. The van der Waals surface area contributed by atoms with E-state index in [1.165, 1.54) is 42.3 Å². The molecule has 3 amide bonds. The molecule has 0 saturated carbocycles. The number of benzene rings is 2. The van der Waals surface area contributed by atoms with Crippen molar-refractivity contribution >= 4 is 23.4 Å². The van der Waals surface area contributed by atoms with Crippen LogP contribution in [-0.4, -0.2) is 59.1 Å². The minimum absolute atomic E-state index is 0.152. The normalized spacial score (nSPS) is 27.4. The molecule has 5 rings (SSSR count). The van der Waals surface area contributed by atoms with Gasteiger partial charge in [-0.15, -0.1) is 0 Å². The molecule has 10 heteroatoms. The number of phenolic OH excluding ortho intramolecular Hbond substituents is 2. The topological polar surface area (TPSA) is 128 Å². The van der Waals surface area contributed by atoms with Crippen molar-refractivity contribution in [2.45, 2.75) is 24.4 Å². The van der Waals surface area contributed by atoms with Gasteiger partial charge in [-0.3, -0.25) is 24.6 Å². The van der Waals surface area contributed by atoms with Crippen molar-refractivity contribution in [2.75, 3.05) is 25.6 Å². The second kappa shape index (κ2) is 8.07. The molecule has 2 aromatic carbocycles. The molecule has 2 aromatic rings. The summed E-state index contributed by atoms with van der Waals surface area (Å²) in [5, 5.41) is 25.5. The van der Waals surface area contributed by atoms with E-state index in [0.29, 0.717) is 29.8 Å². The fourth-order valence-electron chi connectivity index (χ4n) is 5.55. The number of likely N-dealkylation sites (tertiary alicyclic amines) is 1. The zero-order valence-electron chi connectivity index (χ0n) is 18.4. The van der Waals surface area contributed by atoms with Gasteiger partial charge in [0.25, 0.3) is 0 Å². The first-order valence-corrected chi connectivity index (χ1v) is 11.0. The van der Waals surface area contributed by atoms with Crippen LogP contribution in [0.4, 0.5) is 10.1 Å². The molecule has 3 aliphatic rings. The first kappa shape index (κ1) is 22.3. The zero-order chi connectivity index (χ0) is 24.2. The van der Waals surface area contributed by atoms with E-state index in [0.717, 1.165) is 0 Å². The summed E-state index contributed by atoms with van der Waals surface area (Å²) in [7, 11) is 1.53. The second-order valence-corrected chi connectivity index (χ2v) is 8.91. The van der Waals surface area contributed by atoms with Crippen molar-refractivity contribution < 1.29 is 33.7 Å². The van der Waals surface area contributed by atoms with Gasteiger partial charge in [0.05, 0.1) is 11.8 Å². The Bertz CT molecular complexity index is 1200. The Morgan fingerprint density at radius 2 is 1.88 bits per heavy atom. The van der Waals surface area contributed by atoms with Gasteiger partial charge >= 0.3 is 0 Å². The van der Waals surface area contributed by atoms with Crippen LogP contribution in [0.3, 0.4) is 0 Å². The van der Waals surface area contributed by atoms with Crippen molar-refractivity contribution in [1.29, 1.82) is 0 Å². The highest BCUT2D eigenvalue weighted by Gasteiger charge is 2.70. The number of hydrogen-bond acceptors (Lipinski definition) is 7. The number of nitrogens with one attached hydrogen (secondary N) is 2. The number of hydrogen-bond donors (Lipinski definition) is 4. The van der Waals surface area contributed by atoms with Gasteiger partial charge in [0, 0.05) is 37.6 Å². The molecule has 34 heavy (non-hydrogen) atoms. The van der Waals surface area contributed by atoms with Crippen LogP contribution in [0.2, 0.25) is 0 Å². The summed E-state index contributed by atoms with van der Waals surface area (Å²) in [4.78, 5) is 41.6. The van der Waals surface area contributed by atoms with Crippen LogP contribution >= 0.6 is 0 Å². The van der Waals surface area contributed by atoms with Crippen LogP contribution < -0.4 is 10.6 Å². The number of ether oxygens (including phenoxy) is 1. The molecule has 3 aliphatic heterocycles. The lowest BCUT2D eigenvalue weighted by atomic mass is 9.76. The van der Waals surface area contributed by atoms with E-state index in [1.807, 2.05) is 0 Å². The predicted octanol–water partition coefficient (Wildman–Crippen LogP) is 1.24. The summed E-state index contributed by atoms with van der Waals surface area (Å²) in [5.41, 5.74) is -0.323. The highest BCUT2D eigenvalue weighted by molar-refractivity contribution is 6.15. The van der Waals surface area contributed by atoms with Crippen LogP contribution in [0.1, 0.15) is 17.5 Å². The van der Waals surface area contributed by atoms with Crippen molar-refractivity contribution in [3.63, 3.8) is 0 Å². The SMILES string of the molecule is COCCCN1C(=O)[C@@H]2[C@H](Cc3ccc(O)c(O)c3)N[C@]3(C(=O)Nc4ccc(F)cc43)[C@@H]2C1=O. The number of phenols is 2. The van der Waals surface area contributed by atoms with Gasteiger partial charge in [0.2, 0.25) is 17.7 Å². The molecule has 3 heterocycles. The maximum absolute atomic E-state index is 14.3. The molecule has 178 valence electrons. The molecule has 0 radical (unpaired) electrons. The monoisotopic (exact) mass is 469 g/mol. The lowest BCUT2D eigenvalue weighted by Gasteiger charge is -2.29. The lowest BCUT2D eigenvalue weighted by Crippen LogP contribution is -2.53. The average Bonchev–Trinajstić information content (AvgIpc) is 3.37. The number of anilines is 1. The summed E-state index contributed by atoms with van der Waals surface area (Å²) in [6, 6.07) is 7.53. The van der Waals surface area contributed by atoms with Crippen molar-refractivity contribution in [2.24, 2.45) is 11.8 Å². The van der Waals surface area contributed by atoms with Gasteiger partial charge in [0.1, 0.15) is 11.4 Å². The molecule has 9 nitrogen and oxygen atoms in total. The molecule has 0 aliphatic carbocycles. The predicted molar refractivity (Wildman–Crippen MR) is 117 cm³/mol. The maximum Gasteiger partial charge on any atom is 0.250 e. The number of fused-ring (bicyclic) bond motifs is 4. The molecule has 0 bridgehead atoms. The number of methoxy groups -OCH3 is 1. The number of carbonyl (C=O) groups excluding carboxylic acids is 3. The largest absolute Gasteiger partial charge is 0.504 e. The van der Waals surface area contributed by atoms with Gasteiger partial charge < -0.3 is 20.3 Å². The highest BCUT2D eigenvalue weighted by Crippen LogP contribution is 2.53. The third-order valence-corrected chi connectivity index (χ3v) is 6.99. The summed E-state index contributed by atoms with van der Waals surface area (Å²) >= 11 is 0. The Balaban J connectivity index is 1.58. The molecule has 0 unspecified atom stereocenters. The zero-order valence-corrected chi connectivity index (χ0v) is 18.4. The third kappa shape index (κ3) is 3.17.